The zero-order valence-electron chi connectivity index (χ0n) is 8.92. The summed E-state index contributed by atoms with van der Waals surface area (Å²) >= 11 is 3.01. The second-order valence-corrected chi connectivity index (χ2v) is 4.10. The van der Waals surface area contributed by atoms with Crippen LogP contribution in [0.5, 0.6) is 5.75 Å². The van der Waals surface area contributed by atoms with Crippen molar-refractivity contribution in [1.29, 1.82) is 0 Å². The summed E-state index contributed by atoms with van der Waals surface area (Å²) in [5.41, 5.74) is -0.898. The minimum atomic E-state index is -4.49. The van der Waals surface area contributed by atoms with Crippen molar-refractivity contribution in [3.05, 3.63) is 21.0 Å². The van der Waals surface area contributed by atoms with Gasteiger partial charge in [-0.05, 0) is 22.4 Å². The molecule has 1 rings (SSSR count). The fourth-order valence-corrected chi connectivity index (χ4v) is 1.44. The van der Waals surface area contributed by atoms with Crippen LogP contribution in [0, 0.1) is 0 Å². The SMILES string of the molecule is CCCOc1c(Br)cnn(CC(F)(F)F)c1=O. The molecule has 0 fully saturated rings. The van der Waals surface area contributed by atoms with Crippen molar-refractivity contribution in [2.24, 2.45) is 0 Å². The fourth-order valence-electron chi connectivity index (χ4n) is 1.07. The van der Waals surface area contributed by atoms with Gasteiger partial charge < -0.3 is 4.74 Å². The number of halogens is 4. The lowest BCUT2D eigenvalue weighted by atomic mass is 10.5. The average molecular weight is 315 g/mol. The van der Waals surface area contributed by atoms with E-state index in [9.17, 15) is 18.0 Å². The van der Waals surface area contributed by atoms with Crippen LogP contribution in [0.1, 0.15) is 13.3 Å². The highest BCUT2D eigenvalue weighted by atomic mass is 79.9. The highest BCUT2D eigenvalue weighted by Gasteiger charge is 2.30. The predicted octanol–water partition coefficient (Wildman–Crippen LogP) is 2.36. The van der Waals surface area contributed by atoms with E-state index in [1.807, 2.05) is 6.92 Å². The summed E-state index contributed by atoms with van der Waals surface area (Å²) in [6.07, 6.45) is -2.74. The maximum Gasteiger partial charge on any atom is 0.408 e. The number of hydrogen-bond acceptors (Lipinski definition) is 3. The lowest BCUT2D eigenvalue weighted by Gasteiger charge is -2.11. The largest absolute Gasteiger partial charge is 0.487 e. The standard InChI is InChI=1S/C9H10BrF3N2O2/c1-2-3-17-7-6(10)4-14-15(8(7)16)5-9(11,12)13/h4H,2-3,5H2,1H3. The first kappa shape index (κ1) is 14.0. The van der Waals surface area contributed by atoms with Crippen LogP contribution in [0.4, 0.5) is 13.2 Å². The Morgan fingerprint density at radius 1 is 1.53 bits per heavy atom. The molecule has 0 saturated heterocycles. The molecule has 0 N–H and O–H groups in total. The van der Waals surface area contributed by atoms with E-state index >= 15 is 0 Å². The van der Waals surface area contributed by atoms with Gasteiger partial charge in [-0.15, -0.1) is 0 Å². The van der Waals surface area contributed by atoms with Crippen molar-refractivity contribution >= 4 is 15.9 Å². The van der Waals surface area contributed by atoms with E-state index in [4.69, 9.17) is 4.74 Å². The highest BCUT2D eigenvalue weighted by Crippen LogP contribution is 2.21. The third-order valence-electron chi connectivity index (χ3n) is 1.74. The van der Waals surface area contributed by atoms with Crippen LogP contribution in [0.2, 0.25) is 0 Å². The molecule has 0 radical (unpaired) electrons. The Morgan fingerprint density at radius 3 is 2.71 bits per heavy atom. The molecule has 0 aromatic carbocycles. The van der Waals surface area contributed by atoms with Gasteiger partial charge in [-0.2, -0.15) is 18.3 Å². The molecule has 0 aliphatic heterocycles. The number of ether oxygens (including phenoxy) is 1. The first-order valence-electron chi connectivity index (χ1n) is 4.80. The van der Waals surface area contributed by atoms with Gasteiger partial charge in [0.05, 0.1) is 17.3 Å². The van der Waals surface area contributed by atoms with E-state index in [-0.39, 0.29) is 16.8 Å². The van der Waals surface area contributed by atoms with E-state index < -0.39 is 18.3 Å². The highest BCUT2D eigenvalue weighted by molar-refractivity contribution is 9.10. The molecule has 0 bridgehead atoms. The van der Waals surface area contributed by atoms with Gasteiger partial charge >= 0.3 is 11.7 Å². The first-order chi connectivity index (χ1) is 7.85. The fraction of sp³-hybridized carbons (Fsp3) is 0.556. The topological polar surface area (TPSA) is 44.1 Å². The molecular formula is C9H10BrF3N2O2. The van der Waals surface area contributed by atoms with E-state index in [1.54, 1.807) is 0 Å². The van der Waals surface area contributed by atoms with Gasteiger partial charge in [0.25, 0.3) is 0 Å². The van der Waals surface area contributed by atoms with Crippen LogP contribution in [0.3, 0.4) is 0 Å². The molecule has 96 valence electrons. The molecule has 0 amide bonds. The third-order valence-corrected chi connectivity index (χ3v) is 2.30. The summed E-state index contributed by atoms with van der Waals surface area (Å²) in [4.78, 5) is 11.6. The van der Waals surface area contributed by atoms with Crippen molar-refractivity contribution in [3.63, 3.8) is 0 Å². The number of aromatic nitrogens is 2. The Hall–Kier alpha value is -1.05. The van der Waals surface area contributed by atoms with Gasteiger partial charge in [-0.25, -0.2) is 4.68 Å². The van der Waals surface area contributed by atoms with Gasteiger partial charge in [0.2, 0.25) is 5.75 Å². The number of rotatable bonds is 4. The summed E-state index contributed by atoms with van der Waals surface area (Å²) in [7, 11) is 0. The van der Waals surface area contributed by atoms with E-state index in [1.165, 1.54) is 0 Å². The molecule has 1 aromatic rings. The third kappa shape index (κ3) is 4.03. The molecule has 0 aliphatic rings. The molecule has 0 spiro atoms. The summed E-state index contributed by atoms with van der Waals surface area (Å²) in [5, 5.41) is 3.39. The van der Waals surface area contributed by atoms with Crippen molar-refractivity contribution in [3.8, 4) is 5.75 Å². The molecule has 0 saturated carbocycles. The summed E-state index contributed by atoms with van der Waals surface area (Å²) in [5.74, 6) is -0.147. The van der Waals surface area contributed by atoms with Crippen molar-refractivity contribution in [2.45, 2.75) is 26.1 Å². The Morgan fingerprint density at radius 2 is 2.18 bits per heavy atom. The minimum absolute atomic E-state index is 0.147. The van der Waals surface area contributed by atoms with Crippen molar-refractivity contribution in [2.75, 3.05) is 6.61 Å². The quantitative estimate of drug-likeness (QED) is 0.857. The van der Waals surface area contributed by atoms with Crippen LogP contribution in [-0.4, -0.2) is 22.6 Å². The molecule has 0 atom stereocenters. The molecule has 0 unspecified atom stereocenters. The summed E-state index contributed by atoms with van der Waals surface area (Å²) < 4.78 is 42.1. The smallest absolute Gasteiger partial charge is 0.408 e. The van der Waals surface area contributed by atoms with Gasteiger partial charge in [0.1, 0.15) is 6.54 Å². The number of nitrogens with zero attached hydrogens (tertiary/aromatic N) is 2. The second kappa shape index (κ2) is 5.52. The van der Waals surface area contributed by atoms with E-state index in [2.05, 4.69) is 21.0 Å². The number of alkyl halides is 3. The molecule has 1 aromatic heterocycles. The van der Waals surface area contributed by atoms with Crippen LogP contribution in [0.25, 0.3) is 0 Å². The summed E-state index contributed by atoms with van der Waals surface area (Å²) in [6, 6.07) is 0. The van der Waals surface area contributed by atoms with E-state index in [0.29, 0.717) is 11.1 Å². The van der Waals surface area contributed by atoms with Gasteiger partial charge in [0.15, 0.2) is 0 Å². The van der Waals surface area contributed by atoms with Gasteiger partial charge in [-0.1, -0.05) is 6.92 Å². The lowest BCUT2D eigenvalue weighted by Crippen LogP contribution is -2.31. The Bertz CT molecular complexity index is 445. The average Bonchev–Trinajstić information content (AvgIpc) is 2.21. The zero-order chi connectivity index (χ0) is 13.1. The maximum atomic E-state index is 12.2. The van der Waals surface area contributed by atoms with E-state index in [0.717, 1.165) is 6.20 Å². The predicted molar refractivity (Wildman–Crippen MR) is 58.0 cm³/mol. The maximum absolute atomic E-state index is 12.2. The van der Waals surface area contributed by atoms with Gasteiger partial charge in [0, 0.05) is 0 Å². The Kier molecular flexibility index (Phi) is 4.55. The molecule has 8 heteroatoms. The van der Waals surface area contributed by atoms with Crippen LogP contribution in [-0.2, 0) is 6.54 Å². The van der Waals surface area contributed by atoms with Crippen LogP contribution in [0.15, 0.2) is 15.5 Å². The first-order valence-corrected chi connectivity index (χ1v) is 5.59. The van der Waals surface area contributed by atoms with Gasteiger partial charge in [-0.3, -0.25) is 4.79 Å². The molecule has 17 heavy (non-hydrogen) atoms. The van der Waals surface area contributed by atoms with Crippen molar-refractivity contribution < 1.29 is 17.9 Å². The normalized spacial score (nSPS) is 11.6. The molecular weight excluding hydrogens is 305 g/mol. The molecule has 0 aliphatic carbocycles. The monoisotopic (exact) mass is 314 g/mol. The second-order valence-electron chi connectivity index (χ2n) is 3.25. The van der Waals surface area contributed by atoms with Crippen molar-refractivity contribution in [1.82, 2.24) is 9.78 Å². The van der Waals surface area contributed by atoms with Crippen LogP contribution < -0.4 is 10.3 Å². The minimum Gasteiger partial charge on any atom is -0.487 e. The Balaban J connectivity index is 3.06. The zero-order valence-corrected chi connectivity index (χ0v) is 10.5. The number of hydrogen-bond donors (Lipinski definition) is 0. The van der Waals surface area contributed by atoms with Crippen LogP contribution >= 0.6 is 15.9 Å². The molecule has 4 nitrogen and oxygen atoms in total. The lowest BCUT2D eigenvalue weighted by molar-refractivity contribution is -0.143. The Labute approximate surface area is 104 Å². The molecule has 1 heterocycles. The summed E-state index contributed by atoms with van der Waals surface area (Å²) in [6.45, 7) is 0.648.